The number of hydrogen-bond acceptors (Lipinski definition) is 3. The predicted octanol–water partition coefficient (Wildman–Crippen LogP) is 3.02. The molecule has 6 nitrogen and oxygen atoms in total. The molecule has 0 radical (unpaired) electrons. The van der Waals surface area contributed by atoms with Gasteiger partial charge in [0.15, 0.2) is 6.04 Å². The van der Waals surface area contributed by atoms with Crippen molar-refractivity contribution < 1.29 is 19.5 Å². The fraction of sp³-hybridized carbons (Fsp3) is 0.250. The van der Waals surface area contributed by atoms with Crippen LogP contribution in [-0.2, 0) is 16.1 Å². The number of aliphatic carboxylic acids is 1. The van der Waals surface area contributed by atoms with Gasteiger partial charge in [0.05, 0.1) is 0 Å². The van der Waals surface area contributed by atoms with Crippen molar-refractivity contribution in [2.24, 2.45) is 0 Å². The first-order valence-electron chi connectivity index (χ1n) is 8.60. The maximum absolute atomic E-state index is 12.4. The molecule has 2 aromatic carbocycles. The minimum absolute atomic E-state index is 0.143. The van der Waals surface area contributed by atoms with Gasteiger partial charge in [-0.1, -0.05) is 35.9 Å². The summed E-state index contributed by atoms with van der Waals surface area (Å²) in [6.45, 7) is 1.27. The van der Waals surface area contributed by atoms with E-state index in [0.29, 0.717) is 29.1 Å². The normalized spacial score (nSPS) is 14.9. The molecule has 1 saturated heterocycles. The Bertz CT molecular complexity index is 849. The summed E-state index contributed by atoms with van der Waals surface area (Å²) in [5.41, 5.74) is 1.71. The lowest BCUT2D eigenvalue weighted by molar-refractivity contribution is -0.139. The third kappa shape index (κ3) is 4.65. The van der Waals surface area contributed by atoms with Gasteiger partial charge in [0, 0.05) is 30.1 Å². The van der Waals surface area contributed by atoms with Crippen molar-refractivity contribution in [3.63, 3.8) is 0 Å². The molecule has 3 rings (SSSR count). The molecular formula is C20H19ClN2O4. The number of amides is 2. The summed E-state index contributed by atoms with van der Waals surface area (Å²) in [6, 6.07) is 11.9. The molecule has 140 valence electrons. The van der Waals surface area contributed by atoms with E-state index >= 15 is 0 Å². The molecule has 0 aromatic heterocycles. The van der Waals surface area contributed by atoms with Crippen LogP contribution in [0.5, 0.6) is 0 Å². The first kappa shape index (κ1) is 18.9. The van der Waals surface area contributed by atoms with E-state index < -0.39 is 17.9 Å². The monoisotopic (exact) mass is 386 g/mol. The molecule has 1 heterocycles. The minimum Gasteiger partial charge on any atom is -0.479 e. The van der Waals surface area contributed by atoms with Crippen LogP contribution in [0.4, 0.5) is 0 Å². The highest BCUT2D eigenvalue weighted by Crippen LogP contribution is 2.18. The standard InChI is InChI=1S/C20H19ClN2O4/c21-16-9-7-14(8-10-16)18(20(26)27)22-19(25)15-5-3-13(4-6-15)12-23-11-1-2-17(23)24/h3-10,18H,1-2,11-12H2,(H,22,25)(H,26,27). The Kier molecular flexibility index (Phi) is 5.76. The number of rotatable bonds is 6. The molecule has 2 amide bonds. The highest BCUT2D eigenvalue weighted by Gasteiger charge is 2.23. The second kappa shape index (κ2) is 8.22. The summed E-state index contributed by atoms with van der Waals surface area (Å²) in [4.78, 5) is 37.5. The van der Waals surface area contributed by atoms with Crippen LogP contribution in [-0.4, -0.2) is 34.3 Å². The molecule has 2 aromatic rings. The number of benzene rings is 2. The Balaban J connectivity index is 1.68. The van der Waals surface area contributed by atoms with E-state index in [-0.39, 0.29) is 5.91 Å². The summed E-state index contributed by atoms with van der Waals surface area (Å²) in [5, 5.41) is 12.4. The van der Waals surface area contributed by atoms with E-state index in [2.05, 4.69) is 5.32 Å². The number of likely N-dealkylation sites (tertiary alicyclic amines) is 1. The number of halogens is 1. The SMILES string of the molecule is O=C(NC(C(=O)O)c1ccc(Cl)cc1)c1ccc(CN2CCCC2=O)cc1. The summed E-state index contributed by atoms with van der Waals surface area (Å²) >= 11 is 5.82. The summed E-state index contributed by atoms with van der Waals surface area (Å²) in [6.07, 6.45) is 1.46. The lowest BCUT2D eigenvalue weighted by Crippen LogP contribution is -2.33. The van der Waals surface area contributed by atoms with Crippen LogP contribution in [0.25, 0.3) is 0 Å². The largest absolute Gasteiger partial charge is 0.479 e. The molecule has 0 spiro atoms. The molecule has 0 bridgehead atoms. The third-order valence-electron chi connectivity index (χ3n) is 4.49. The minimum atomic E-state index is -1.17. The van der Waals surface area contributed by atoms with Crippen LogP contribution < -0.4 is 5.32 Å². The molecule has 1 unspecified atom stereocenters. The average Bonchev–Trinajstić information content (AvgIpc) is 3.05. The molecular weight excluding hydrogens is 368 g/mol. The van der Waals surface area contributed by atoms with Crippen molar-refractivity contribution in [2.75, 3.05) is 6.54 Å². The highest BCUT2D eigenvalue weighted by atomic mass is 35.5. The van der Waals surface area contributed by atoms with Gasteiger partial charge in [-0.2, -0.15) is 0 Å². The number of nitrogens with zero attached hydrogens (tertiary/aromatic N) is 1. The second-order valence-corrected chi connectivity index (χ2v) is 6.85. The van der Waals surface area contributed by atoms with Crippen LogP contribution in [0.1, 0.15) is 40.4 Å². The maximum Gasteiger partial charge on any atom is 0.330 e. The number of hydrogen-bond donors (Lipinski definition) is 2. The lowest BCUT2D eigenvalue weighted by Gasteiger charge is -2.17. The van der Waals surface area contributed by atoms with Crippen molar-refractivity contribution in [2.45, 2.75) is 25.4 Å². The van der Waals surface area contributed by atoms with Gasteiger partial charge in [-0.25, -0.2) is 4.79 Å². The van der Waals surface area contributed by atoms with Crippen LogP contribution in [0.15, 0.2) is 48.5 Å². The van der Waals surface area contributed by atoms with E-state index in [1.54, 1.807) is 53.4 Å². The topological polar surface area (TPSA) is 86.7 Å². The van der Waals surface area contributed by atoms with Crippen molar-refractivity contribution in [1.29, 1.82) is 0 Å². The number of carbonyl (C=O) groups excluding carboxylic acids is 2. The molecule has 1 aliphatic heterocycles. The fourth-order valence-corrected chi connectivity index (χ4v) is 3.14. The molecule has 1 fully saturated rings. The molecule has 2 N–H and O–H groups in total. The molecule has 1 atom stereocenters. The Hall–Kier alpha value is -2.86. The molecule has 7 heteroatoms. The Morgan fingerprint density at radius 1 is 1.11 bits per heavy atom. The van der Waals surface area contributed by atoms with Gasteiger partial charge in [-0.15, -0.1) is 0 Å². The Morgan fingerprint density at radius 2 is 1.78 bits per heavy atom. The molecule has 27 heavy (non-hydrogen) atoms. The van der Waals surface area contributed by atoms with Gasteiger partial charge in [0.2, 0.25) is 5.91 Å². The van der Waals surface area contributed by atoms with E-state index in [4.69, 9.17) is 11.6 Å². The number of carboxylic acids is 1. The lowest BCUT2D eigenvalue weighted by atomic mass is 10.1. The van der Waals surface area contributed by atoms with Gasteiger partial charge >= 0.3 is 5.97 Å². The van der Waals surface area contributed by atoms with Crippen LogP contribution in [0.2, 0.25) is 5.02 Å². The Morgan fingerprint density at radius 3 is 2.33 bits per heavy atom. The summed E-state index contributed by atoms with van der Waals surface area (Å²) < 4.78 is 0. The van der Waals surface area contributed by atoms with Crippen LogP contribution >= 0.6 is 11.6 Å². The zero-order valence-electron chi connectivity index (χ0n) is 14.5. The molecule has 0 aliphatic carbocycles. The smallest absolute Gasteiger partial charge is 0.330 e. The number of carboxylic acid groups (broad SMARTS) is 1. The zero-order valence-corrected chi connectivity index (χ0v) is 15.3. The molecule has 1 aliphatic rings. The van der Waals surface area contributed by atoms with Gasteiger partial charge in [-0.05, 0) is 41.8 Å². The fourth-order valence-electron chi connectivity index (χ4n) is 3.01. The van der Waals surface area contributed by atoms with Crippen molar-refractivity contribution in [3.8, 4) is 0 Å². The second-order valence-electron chi connectivity index (χ2n) is 6.41. The van der Waals surface area contributed by atoms with E-state index in [1.165, 1.54) is 0 Å². The zero-order chi connectivity index (χ0) is 19.4. The maximum atomic E-state index is 12.4. The van der Waals surface area contributed by atoms with Gasteiger partial charge in [0.1, 0.15) is 0 Å². The third-order valence-corrected chi connectivity index (χ3v) is 4.74. The predicted molar refractivity (Wildman–Crippen MR) is 100 cm³/mol. The average molecular weight is 387 g/mol. The number of carbonyl (C=O) groups is 3. The van der Waals surface area contributed by atoms with Crippen molar-refractivity contribution in [3.05, 3.63) is 70.2 Å². The van der Waals surface area contributed by atoms with Gasteiger partial charge < -0.3 is 15.3 Å². The quantitative estimate of drug-likeness (QED) is 0.798. The van der Waals surface area contributed by atoms with E-state index in [9.17, 15) is 19.5 Å². The van der Waals surface area contributed by atoms with Crippen molar-refractivity contribution in [1.82, 2.24) is 10.2 Å². The van der Waals surface area contributed by atoms with Crippen molar-refractivity contribution >= 4 is 29.4 Å². The summed E-state index contributed by atoms with van der Waals surface area (Å²) in [5.74, 6) is -1.50. The Labute approximate surface area is 161 Å². The van der Waals surface area contributed by atoms with Crippen LogP contribution in [0, 0.1) is 0 Å². The van der Waals surface area contributed by atoms with E-state index in [1.807, 2.05) is 0 Å². The van der Waals surface area contributed by atoms with Gasteiger partial charge in [0.25, 0.3) is 5.91 Å². The van der Waals surface area contributed by atoms with Crippen LogP contribution in [0.3, 0.4) is 0 Å². The number of nitrogens with one attached hydrogen (secondary N) is 1. The summed E-state index contributed by atoms with van der Waals surface area (Å²) in [7, 11) is 0. The van der Waals surface area contributed by atoms with Gasteiger partial charge in [-0.3, -0.25) is 9.59 Å². The highest BCUT2D eigenvalue weighted by molar-refractivity contribution is 6.30. The molecule has 0 saturated carbocycles. The first-order valence-corrected chi connectivity index (χ1v) is 8.97. The first-order chi connectivity index (χ1) is 12.9. The van der Waals surface area contributed by atoms with E-state index in [0.717, 1.165) is 18.5 Å².